The van der Waals surface area contributed by atoms with E-state index >= 15 is 0 Å². The molecule has 0 aromatic heterocycles. The van der Waals surface area contributed by atoms with Gasteiger partial charge in [-0.15, -0.1) is 11.8 Å². The van der Waals surface area contributed by atoms with E-state index in [9.17, 15) is 19.6 Å². The lowest BCUT2D eigenvalue weighted by Gasteiger charge is -2.30. The number of benzene rings is 3. The molecule has 3 N–H and O–H groups in total. The Morgan fingerprint density at radius 1 is 1.05 bits per heavy atom. The van der Waals surface area contributed by atoms with Crippen LogP contribution in [0.1, 0.15) is 34.7 Å². The lowest BCUT2D eigenvalue weighted by molar-refractivity contribution is -0.140. The molecule has 0 saturated heterocycles. The van der Waals surface area contributed by atoms with Gasteiger partial charge in [0.25, 0.3) is 0 Å². The van der Waals surface area contributed by atoms with Gasteiger partial charge in [0.15, 0.2) is 0 Å². The molecule has 2 aliphatic heterocycles. The number of esters is 1. The molecule has 0 spiro atoms. The Labute approximate surface area is 234 Å². The van der Waals surface area contributed by atoms with Crippen LogP contribution in [0.4, 0.5) is 10.5 Å². The van der Waals surface area contributed by atoms with Gasteiger partial charge in [0.05, 0.1) is 34.7 Å². The molecule has 0 bridgehead atoms. The van der Waals surface area contributed by atoms with Crippen molar-refractivity contribution in [3.63, 3.8) is 0 Å². The summed E-state index contributed by atoms with van der Waals surface area (Å²) < 4.78 is 5.69. The number of nitrogens with zero attached hydrogens (tertiary/aromatic N) is 1. The van der Waals surface area contributed by atoms with Gasteiger partial charge in [0.1, 0.15) is 6.61 Å². The number of allylic oxidation sites excluding steroid dienone is 1. The van der Waals surface area contributed by atoms with Crippen molar-refractivity contribution in [3.05, 3.63) is 105 Å². The molecule has 8 nitrogen and oxygen atoms in total. The van der Waals surface area contributed by atoms with Gasteiger partial charge in [-0.05, 0) is 59.9 Å². The first-order valence-corrected chi connectivity index (χ1v) is 13.5. The van der Waals surface area contributed by atoms with Crippen LogP contribution in [0.25, 0.3) is 0 Å². The van der Waals surface area contributed by atoms with Crippen molar-refractivity contribution in [1.82, 2.24) is 10.6 Å². The van der Waals surface area contributed by atoms with E-state index in [1.165, 1.54) is 11.8 Å². The number of halogens is 1. The molecule has 3 aromatic rings. The summed E-state index contributed by atoms with van der Waals surface area (Å²) in [5, 5.41) is 18.3. The third-order valence-electron chi connectivity index (χ3n) is 6.37. The van der Waals surface area contributed by atoms with Crippen LogP contribution in [0.2, 0.25) is 5.02 Å². The summed E-state index contributed by atoms with van der Waals surface area (Å²) in [4.78, 5) is 39.2. The molecule has 0 radical (unpaired) electrons. The predicted octanol–water partition coefficient (Wildman–Crippen LogP) is 5.24. The summed E-state index contributed by atoms with van der Waals surface area (Å²) in [5.41, 5.74) is 3.94. The quantitative estimate of drug-likeness (QED) is 0.341. The Hall–Kier alpha value is -4.26. The van der Waals surface area contributed by atoms with E-state index in [1.807, 2.05) is 30.3 Å². The van der Waals surface area contributed by atoms with Gasteiger partial charge >= 0.3 is 12.0 Å². The van der Waals surface area contributed by atoms with Crippen molar-refractivity contribution in [2.75, 3.05) is 11.1 Å². The highest BCUT2D eigenvalue weighted by Crippen LogP contribution is 2.37. The fraction of sp³-hybridized carbons (Fsp3) is 0.172. The first-order valence-electron chi connectivity index (χ1n) is 12.2. The lowest BCUT2D eigenvalue weighted by atomic mass is 9.92. The topological polar surface area (TPSA) is 120 Å². The van der Waals surface area contributed by atoms with Gasteiger partial charge in [-0.3, -0.25) is 4.79 Å². The largest absolute Gasteiger partial charge is 0.457 e. The third-order valence-corrected chi connectivity index (χ3v) is 7.81. The number of fused-ring (bicyclic) bond motifs is 1. The Morgan fingerprint density at radius 2 is 1.90 bits per heavy atom. The molecule has 5 rings (SSSR count). The zero-order chi connectivity index (χ0) is 27.4. The molecule has 0 fully saturated rings. The molecule has 39 heavy (non-hydrogen) atoms. The molecular weight excluding hydrogens is 536 g/mol. The number of urea groups is 1. The van der Waals surface area contributed by atoms with Crippen LogP contribution in [-0.4, -0.2) is 23.7 Å². The predicted molar refractivity (Wildman–Crippen MR) is 148 cm³/mol. The molecule has 1 atom stereocenters. The summed E-state index contributed by atoms with van der Waals surface area (Å²) in [6, 6.07) is 20.5. The van der Waals surface area contributed by atoms with Gasteiger partial charge in [-0.1, -0.05) is 48.0 Å². The second-order valence-corrected chi connectivity index (χ2v) is 10.4. The van der Waals surface area contributed by atoms with Gasteiger partial charge in [0.2, 0.25) is 5.91 Å². The summed E-state index contributed by atoms with van der Waals surface area (Å²) in [6.07, 6.45) is 0.819. The fourth-order valence-electron chi connectivity index (χ4n) is 4.50. The van der Waals surface area contributed by atoms with Gasteiger partial charge < -0.3 is 20.7 Å². The van der Waals surface area contributed by atoms with Crippen LogP contribution < -0.4 is 16.0 Å². The number of ether oxygens (including phenoxy) is 1. The number of nitriles is 1. The number of amides is 3. The maximum Gasteiger partial charge on any atom is 0.338 e. The van der Waals surface area contributed by atoms with Gasteiger partial charge in [-0.25, -0.2) is 9.59 Å². The Kier molecular flexibility index (Phi) is 7.87. The van der Waals surface area contributed by atoms with Crippen LogP contribution in [0.3, 0.4) is 0 Å². The molecule has 196 valence electrons. The highest BCUT2D eigenvalue weighted by Gasteiger charge is 2.34. The van der Waals surface area contributed by atoms with Crippen molar-refractivity contribution in [3.8, 4) is 6.07 Å². The van der Waals surface area contributed by atoms with E-state index in [0.29, 0.717) is 51.7 Å². The van der Waals surface area contributed by atoms with E-state index < -0.39 is 18.0 Å². The molecule has 0 aliphatic carbocycles. The van der Waals surface area contributed by atoms with E-state index in [0.717, 1.165) is 10.5 Å². The Morgan fingerprint density at radius 3 is 2.72 bits per heavy atom. The molecule has 10 heteroatoms. The lowest BCUT2D eigenvalue weighted by Crippen LogP contribution is -2.46. The second kappa shape index (κ2) is 11.6. The molecule has 3 aromatic carbocycles. The summed E-state index contributed by atoms with van der Waals surface area (Å²) in [6.45, 7) is -0.0484. The minimum atomic E-state index is -0.813. The average molecular weight is 559 g/mol. The van der Waals surface area contributed by atoms with Crippen molar-refractivity contribution in [1.29, 1.82) is 5.26 Å². The van der Waals surface area contributed by atoms with Crippen molar-refractivity contribution in [2.24, 2.45) is 0 Å². The van der Waals surface area contributed by atoms with Crippen LogP contribution in [0.15, 0.2) is 82.9 Å². The highest BCUT2D eigenvalue weighted by atomic mass is 35.5. The number of hydrogen-bond acceptors (Lipinski definition) is 6. The molecule has 2 aliphatic rings. The van der Waals surface area contributed by atoms with Crippen molar-refractivity contribution >= 4 is 47.0 Å². The SMILES string of the molecule is N#Cc1cccc(COC(=O)C2=C(CCc3ccccc3Cl)NC(=O)N[C@@H]2c2ccc3c(c2)NC(=O)CS3)c1. The van der Waals surface area contributed by atoms with Gasteiger partial charge in [-0.2, -0.15) is 5.26 Å². The van der Waals surface area contributed by atoms with Crippen LogP contribution in [0, 0.1) is 11.3 Å². The van der Waals surface area contributed by atoms with Gasteiger partial charge in [0, 0.05) is 15.6 Å². The summed E-state index contributed by atoms with van der Waals surface area (Å²) in [7, 11) is 0. The second-order valence-electron chi connectivity index (χ2n) is 9.00. The maximum atomic E-state index is 13.6. The number of carbonyl (C=O) groups excluding carboxylic acids is 3. The summed E-state index contributed by atoms with van der Waals surface area (Å²) in [5.74, 6) is -0.401. The molecule has 0 saturated carbocycles. The maximum absolute atomic E-state index is 13.6. The fourth-order valence-corrected chi connectivity index (χ4v) is 5.52. The standard InChI is InChI=1S/C29H23ClN4O4S/c30-21-7-2-1-6-19(21)8-10-22-26(28(36)38-15-18-5-3-4-17(12-18)14-31)27(34-29(37)33-22)20-9-11-24-23(13-20)32-25(35)16-39-24/h1-7,9,11-13,27H,8,10,15-16H2,(H,32,35)(H2,33,34,37)/t27-/m1/s1. The van der Waals surface area contributed by atoms with Crippen molar-refractivity contribution in [2.45, 2.75) is 30.4 Å². The van der Waals surface area contributed by atoms with E-state index in [-0.39, 0.29) is 18.1 Å². The molecule has 2 heterocycles. The van der Waals surface area contributed by atoms with Crippen LogP contribution in [0.5, 0.6) is 0 Å². The minimum Gasteiger partial charge on any atom is -0.457 e. The zero-order valence-corrected chi connectivity index (χ0v) is 22.2. The number of aryl methyl sites for hydroxylation is 1. The third kappa shape index (κ3) is 6.08. The first kappa shape index (κ1) is 26.4. The minimum absolute atomic E-state index is 0.0484. The number of anilines is 1. The van der Waals surface area contributed by atoms with Crippen molar-refractivity contribution < 1.29 is 19.1 Å². The number of thioether (sulfide) groups is 1. The van der Waals surface area contributed by atoms with E-state index in [2.05, 4.69) is 22.0 Å². The highest BCUT2D eigenvalue weighted by molar-refractivity contribution is 8.00. The first-order chi connectivity index (χ1) is 18.9. The smallest absolute Gasteiger partial charge is 0.338 e. The van der Waals surface area contributed by atoms with Crippen LogP contribution >= 0.6 is 23.4 Å². The van der Waals surface area contributed by atoms with Crippen LogP contribution in [-0.2, 0) is 27.4 Å². The normalized spacial score (nSPS) is 16.4. The number of rotatable bonds is 7. The zero-order valence-electron chi connectivity index (χ0n) is 20.6. The Balaban J connectivity index is 1.49. The number of hydrogen-bond donors (Lipinski definition) is 3. The van der Waals surface area contributed by atoms with E-state index in [1.54, 1.807) is 36.4 Å². The molecule has 0 unspecified atom stereocenters. The Bertz CT molecular complexity index is 1550. The number of nitrogens with one attached hydrogen (secondary N) is 3. The summed E-state index contributed by atoms with van der Waals surface area (Å²) >= 11 is 7.77. The van der Waals surface area contributed by atoms with E-state index in [4.69, 9.17) is 16.3 Å². The average Bonchev–Trinajstić information content (AvgIpc) is 2.94. The number of carbonyl (C=O) groups is 3. The monoisotopic (exact) mass is 558 g/mol. The molecule has 3 amide bonds. The molecular formula is C29H23ClN4O4S.